The summed E-state index contributed by atoms with van der Waals surface area (Å²) in [6, 6.07) is 20.6. The van der Waals surface area contributed by atoms with E-state index in [4.69, 9.17) is 11.6 Å². The first-order valence-electron chi connectivity index (χ1n) is 6.90. The van der Waals surface area contributed by atoms with Gasteiger partial charge in [-0.25, -0.2) is 4.98 Å². The third-order valence-electron chi connectivity index (χ3n) is 3.76. The molecule has 2 aromatic carbocycles. The molecule has 0 saturated heterocycles. The van der Waals surface area contributed by atoms with Crippen LogP contribution in [0, 0.1) is 0 Å². The minimum absolute atomic E-state index is 0.565. The Bertz CT molecular complexity index is 926. The van der Waals surface area contributed by atoms with Crippen molar-refractivity contribution in [3.8, 4) is 0 Å². The topological polar surface area (TPSA) is 17.8 Å². The van der Waals surface area contributed by atoms with Gasteiger partial charge in [-0.3, -0.25) is 0 Å². The maximum atomic E-state index is 6.33. The molecule has 0 bridgehead atoms. The minimum Gasteiger partial charge on any atom is -0.342 e. The Balaban J connectivity index is 1.98. The normalized spacial score (nSPS) is 11.3. The summed E-state index contributed by atoms with van der Waals surface area (Å²) >= 11 is 6.33. The van der Waals surface area contributed by atoms with Crippen LogP contribution in [0.2, 0.25) is 5.15 Å². The maximum absolute atomic E-state index is 6.33. The number of halogens is 1. The van der Waals surface area contributed by atoms with Crippen molar-refractivity contribution in [2.24, 2.45) is 0 Å². The minimum atomic E-state index is 0.565. The Hall–Kier alpha value is -2.32. The van der Waals surface area contributed by atoms with E-state index < -0.39 is 0 Å². The van der Waals surface area contributed by atoms with Gasteiger partial charge in [-0.1, -0.05) is 60.1 Å². The van der Waals surface area contributed by atoms with Gasteiger partial charge >= 0.3 is 0 Å². The lowest BCUT2D eigenvalue weighted by atomic mass is 10.1. The lowest BCUT2D eigenvalue weighted by Crippen LogP contribution is -1.98. The second kappa shape index (κ2) is 4.90. The molecular formula is C18H13ClN2. The first-order chi connectivity index (χ1) is 10.3. The number of hydrogen-bond donors (Lipinski definition) is 0. The van der Waals surface area contributed by atoms with E-state index in [2.05, 4.69) is 46.1 Å². The van der Waals surface area contributed by atoms with Gasteiger partial charge in [0.2, 0.25) is 0 Å². The smallest absolute Gasteiger partial charge is 0.139 e. The van der Waals surface area contributed by atoms with Gasteiger partial charge in [-0.05, 0) is 17.7 Å². The van der Waals surface area contributed by atoms with Crippen LogP contribution >= 0.6 is 11.6 Å². The zero-order valence-electron chi connectivity index (χ0n) is 11.3. The van der Waals surface area contributed by atoms with Gasteiger partial charge in [-0.2, -0.15) is 0 Å². The Labute approximate surface area is 127 Å². The van der Waals surface area contributed by atoms with Crippen molar-refractivity contribution in [3.05, 3.63) is 77.6 Å². The number of aromatic nitrogens is 2. The summed E-state index contributed by atoms with van der Waals surface area (Å²) in [7, 11) is 0. The van der Waals surface area contributed by atoms with Crippen LogP contribution in [0.5, 0.6) is 0 Å². The van der Waals surface area contributed by atoms with E-state index in [1.807, 2.05) is 30.3 Å². The average Bonchev–Trinajstić information content (AvgIpc) is 2.93. The lowest BCUT2D eigenvalue weighted by molar-refractivity contribution is 0.839. The van der Waals surface area contributed by atoms with E-state index in [0.717, 1.165) is 28.4 Å². The molecule has 0 spiro atoms. The van der Waals surface area contributed by atoms with Gasteiger partial charge in [0.25, 0.3) is 0 Å². The van der Waals surface area contributed by atoms with Gasteiger partial charge < -0.3 is 4.57 Å². The molecule has 0 unspecified atom stereocenters. The predicted octanol–water partition coefficient (Wildman–Crippen LogP) is 4.89. The second-order valence-corrected chi connectivity index (χ2v) is 5.47. The van der Waals surface area contributed by atoms with Crippen molar-refractivity contribution >= 4 is 33.4 Å². The Kier molecular flexibility index (Phi) is 2.90. The molecule has 2 aromatic heterocycles. The third kappa shape index (κ3) is 2.08. The van der Waals surface area contributed by atoms with Crippen molar-refractivity contribution in [3.63, 3.8) is 0 Å². The first-order valence-corrected chi connectivity index (χ1v) is 7.28. The molecule has 0 radical (unpaired) electrons. The summed E-state index contributed by atoms with van der Waals surface area (Å²) in [5.74, 6) is 0. The highest BCUT2D eigenvalue weighted by molar-refractivity contribution is 6.35. The molecule has 0 aliphatic carbocycles. The molecule has 2 heterocycles. The number of fused-ring (bicyclic) bond motifs is 3. The summed E-state index contributed by atoms with van der Waals surface area (Å²) in [6.07, 6.45) is 2.08. The van der Waals surface area contributed by atoms with Crippen molar-refractivity contribution in [1.29, 1.82) is 0 Å². The predicted molar refractivity (Wildman–Crippen MR) is 87.8 cm³/mol. The SMILES string of the molecule is Clc1nc2ccccc2c2c1ccn2Cc1ccccc1. The largest absolute Gasteiger partial charge is 0.342 e. The lowest BCUT2D eigenvalue weighted by Gasteiger charge is -2.08. The molecular weight excluding hydrogens is 280 g/mol. The Morgan fingerprint density at radius 2 is 1.62 bits per heavy atom. The number of pyridine rings is 1. The zero-order valence-corrected chi connectivity index (χ0v) is 12.1. The van der Waals surface area contributed by atoms with Gasteiger partial charge in [0.1, 0.15) is 5.15 Å². The molecule has 2 nitrogen and oxygen atoms in total. The molecule has 0 amide bonds. The monoisotopic (exact) mass is 292 g/mol. The van der Waals surface area contributed by atoms with Crippen LogP contribution in [0.4, 0.5) is 0 Å². The number of hydrogen-bond acceptors (Lipinski definition) is 1. The highest BCUT2D eigenvalue weighted by Crippen LogP contribution is 2.30. The van der Waals surface area contributed by atoms with Crippen LogP contribution in [0.15, 0.2) is 66.9 Å². The maximum Gasteiger partial charge on any atom is 0.139 e. The summed E-state index contributed by atoms with van der Waals surface area (Å²) in [4.78, 5) is 4.48. The van der Waals surface area contributed by atoms with E-state index in [0.29, 0.717) is 5.15 Å². The van der Waals surface area contributed by atoms with Crippen LogP contribution in [0.25, 0.3) is 21.8 Å². The molecule has 0 aliphatic heterocycles. The van der Waals surface area contributed by atoms with Gasteiger partial charge in [-0.15, -0.1) is 0 Å². The molecule has 0 aliphatic rings. The van der Waals surface area contributed by atoms with Crippen molar-refractivity contribution in [2.75, 3.05) is 0 Å². The molecule has 0 fully saturated rings. The Morgan fingerprint density at radius 3 is 2.48 bits per heavy atom. The quantitative estimate of drug-likeness (QED) is 0.481. The fourth-order valence-corrected chi connectivity index (χ4v) is 3.03. The number of nitrogens with zero attached hydrogens (tertiary/aromatic N) is 2. The van der Waals surface area contributed by atoms with Gasteiger partial charge in [0.15, 0.2) is 0 Å². The van der Waals surface area contributed by atoms with E-state index >= 15 is 0 Å². The average molecular weight is 293 g/mol. The molecule has 0 N–H and O–H groups in total. The molecule has 0 atom stereocenters. The summed E-state index contributed by atoms with van der Waals surface area (Å²) in [6.45, 7) is 0.828. The molecule has 3 heteroatoms. The highest BCUT2D eigenvalue weighted by Gasteiger charge is 2.11. The van der Waals surface area contributed by atoms with Crippen LogP contribution in [-0.4, -0.2) is 9.55 Å². The van der Waals surface area contributed by atoms with Crippen LogP contribution in [0.3, 0.4) is 0 Å². The molecule has 0 saturated carbocycles. The van der Waals surface area contributed by atoms with E-state index in [-0.39, 0.29) is 0 Å². The number of benzene rings is 2. The third-order valence-corrected chi connectivity index (χ3v) is 4.05. The summed E-state index contributed by atoms with van der Waals surface area (Å²) in [5, 5.41) is 2.71. The second-order valence-electron chi connectivity index (χ2n) is 5.11. The standard InChI is InChI=1S/C18H13ClN2/c19-18-15-10-11-21(12-13-6-2-1-3-7-13)17(15)14-8-4-5-9-16(14)20-18/h1-11H,12H2. The van der Waals surface area contributed by atoms with Crippen LogP contribution < -0.4 is 0 Å². The summed E-state index contributed by atoms with van der Waals surface area (Å²) < 4.78 is 2.24. The molecule has 102 valence electrons. The van der Waals surface area contributed by atoms with E-state index in [1.165, 1.54) is 5.56 Å². The van der Waals surface area contributed by atoms with Crippen molar-refractivity contribution < 1.29 is 0 Å². The fraction of sp³-hybridized carbons (Fsp3) is 0.0556. The molecule has 4 aromatic rings. The van der Waals surface area contributed by atoms with Crippen molar-refractivity contribution in [2.45, 2.75) is 6.54 Å². The van der Waals surface area contributed by atoms with Crippen LogP contribution in [-0.2, 0) is 6.54 Å². The van der Waals surface area contributed by atoms with Crippen molar-refractivity contribution in [1.82, 2.24) is 9.55 Å². The van der Waals surface area contributed by atoms with Gasteiger partial charge in [0.05, 0.1) is 11.0 Å². The molecule has 21 heavy (non-hydrogen) atoms. The van der Waals surface area contributed by atoms with E-state index in [1.54, 1.807) is 0 Å². The summed E-state index contributed by atoms with van der Waals surface area (Å²) in [5.41, 5.74) is 3.35. The van der Waals surface area contributed by atoms with Gasteiger partial charge in [0, 0.05) is 23.5 Å². The number of para-hydroxylation sites is 1. The Morgan fingerprint density at radius 1 is 0.857 bits per heavy atom. The zero-order chi connectivity index (χ0) is 14.2. The number of rotatable bonds is 2. The fourth-order valence-electron chi connectivity index (χ4n) is 2.79. The van der Waals surface area contributed by atoms with Crippen LogP contribution in [0.1, 0.15) is 5.56 Å². The molecule has 4 rings (SSSR count). The van der Waals surface area contributed by atoms with E-state index in [9.17, 15) is 0 Å². The first kappa shape index (κ1) is 12.4. The highest BCUT2D eigenvalue weighted by atomic mass is 35.5.